The van der Waals surface area contributed by atoms with Gasteiger partial charge in [-0.15, -0.1) is 10.2 Å². The summed E-state index contributed by atoms with van der Waals surface area (Å²) in [5, 5.41) is 13.6. The molecule has 1 aromatic carbocycles. The molecular weight excluding hydrogens is 436 g/mol. The normalized spacial score (nSPS) is 14.4. The summed E-state index contributed by atoms with van der Waals surface area (Å²) in [4.78, 5) is 36.3. The Morgan fingerprint density at radius 2 is 1.85 bits per heavy atom. The largest absolute Gasteiger partial charge is 0.339 e. The van der Waals surface area contributed by atoms with Crippen LogP contribution in [0.3, 0.4) is 0 Å². The minimum Gasteiger partial charge on any atom is -0.339 e. The molecule has 1 saturated heterocycles. The Kier molecular flexibility index (Phi) is 5.78. The molecule has 0 bridgehead atoms. The minimum atomic E-state index is -0.161. The maximum Gasteiger partial charge on any atom is 0.253 e. The van der Waals surface area contributed by atoms with E-state index in [0.717, 1.165) is 26.6 Å². The van der Waals surface area contributed by atoms with Crippen molar-refractivity contribution >= 4 is 39.9 Å². The molecule has 0 atom stereocenters. The molecule has 5 rings (SSSR count). The third kappa shape index (κ3) is 4.58. The van der Waals surface area contributed by atoms with Crippen molar-refractivity contribution in [3.05, 3.63) is 65.3 Å². The average Bonchev–Trinajstić information content (AvgIpc) is 3.30. The molecule has 4 heterocycles. The monoisotopic (exact) mass is 458 g/mol. The number of nitrogens with zero attached hydrogens (tertiary/aromatic N) is 5. The highest BCUT2D eigenvalue weighted by atomic mass is 32.1. The molecule has 1 aliphatic heterocycles. The topological polar surface area (TPSA) is 101 Å². The Morgan fingerprint density at radius 3 is 2.58 bits per heavy atom. The maximum atomic E-state index is 12.8. The number of aromatic nitrogens is 4. The van der Waals surface area contributed by atoms with E-state index in [2.05, 4.69) is 25.5 Å². The number of likely N-dealkylation sites (tertiary alicyclic amines) is 1. The van der Waals surface area contributed by atoms with E-state index in [9.17, 15) is 9.59 Å². The second kappa shape index (κ2) is 9.03. The van der Waals surface area contributed by atoms with Crippen LogP contribution in [0, 0.1) is 12.8 Å². The van der Waals surface area contributed by atoms with Crippen molar-refractivity contribution in [1.82, 2.24) is 25.1 Å². The van der Waals surface area contributed by atoms with Gasteiger partial charge >= 0.3 is 0 Å². The summed E-state index contributed by atoms with van der Waals surface area (Å²) >= 11 is 1.49. The van der Waals surface area contributed by atoms with Crippen molar-refractivity contribution in [3.63, 3.8) is 0 Å². The average molecular weight is 459 g/mol. The Morgan fingerprint density at radius 1 is 1.06 bits per heavy atom. The van der Waals surface area contributed by atoms with Gasteiger partial charge in [-0.05, 0) is 44.0 Å². The van der Waals surface area contributed by atoms with Crippen LogP contribution in [0.4, 0.5) is 5.82 Å². The van der Waals surface area contributed by atoms with Crippen molar-refractivity contribution in [3.8, 4) is 10.7 Å². The number of amides is 2. The second-order valence-electron chi connectivity index (χ2n) is 8.01. The molecule has 2 amide bonds. The molecule has 0 saturated carbocycles. The van der Waals surface area contributed by atoms with E-state index in [-0.39, 0.29) is 17.7 Å². The van der Waals surface area contributed by atoms with E-state index in [0.29, 0.717) is 37.3 Å². The van der Waals surface area contributed by atoms with Crippen molar-refractivity contribution in [2.24, 2.45) is 5.92 Å². The number of carbonyl (C=O) groups is 2. The third-order valence-corrected chi connectivity index (χ3v) is 6.60. The molecule has 9 heteroatoms. The fraction of sp³-hybridized carbons (Fsp3) is 0.250. The Hall–Kier alpha value is -3.72. The molecule has 8 nitrogen and oxygen atoms in total. The van der Waals surface area contributed by atoms with E-state index in [1.807, 2.05) is 54.3 Å². The number of benzene rings is 1. The third-order valence-electron chi connectivity index (χ3n) is 5.74. The molecule has 1 aliphatic rings. The van der Waals surface area contributed by atoms with Gasteiger partial charge < -0.3 is 10.2 Å². The first kappa shape index (κ1) is 21.1. The fourth-order valence-electron chi connectivity index (χ4n) is 3.94. The van der Waals surface area contributed by atoms with Gasteiger partial charge in [-0.25, -0.2) is 9.97 Å². The molecule has 4 aromatic rings. The number of pyridine rings is 2. The first-order valence-electron chi connectivity index (χ1n) is 10.8. The van der Waals surface area contributed by atoms with Gasteiger partial charge in [0.05, 0.1) is 5.52 Å². The first-order chi connectivity index (χ1) is 16.1. The fourth-order valence-corrected chi connectivity index (χ4v) is 4.60. The molecule has 33 heavy (non-hydrogen) atoms. The van der Waals surface area contributed by atoms with E-state index in [1.165, 1.54) is 11.3 Å². The van der Waals surface area contributed by atoms with Crippen LogP contribution in [0.2, 0.25) is 0 Å². The highest BCUT2D eigenvalue weighted by Crippen LogP contribution is 2.25. The molecule has 166 valence electrons. The number of piperidine rings is 1. The van der Waals surface area contributed by atoms with Gasteiger partial charge in [-0.3, -0.25) is 9.59 Å². The lowest BCUT2D eigenvalue weighted by Crippen LogP contribution is -2.41. The molecule has 3 aromatic heterocycles. The van der Waals surface area contributed by atoms with Crippen LogP contribution in [-0.2, 0) is 4.79 Å². The number of aryl methyl sites for hydroxylation is 1. The van der Waals surface area contributed by atoms with Gasteiger partial charge in [0.15, 0.2) is 5.01 Å². The summed E-state index contributed by atoms with van der Waals surface area (Å²) in [6.45, 7) is 3.02. The number of rotatable bonds is 4. The predicted octanol–water partition coefficient (Wildman–Crippen LogP) is 3.95. The quantitative estimate of drug-likeness (QED) is 0.497. The Balaban J connectivity index is 1.24. The van der Waals surface area contributed by atoms with Crippen molar-refractivity contribution in [2.45, 2.75) is 19.8 Å². The molecular formula is C24H22N6O2S. The number of carbonyl (C=O) groups excluding carboxylic acids is 2. The summed E-state index contributed by atoms with van der Waals surface area (Å²) in [5.74, 6) is 0.238. The molecule has 1 N–H and O–H groups in total. The van der Waals surface area contributed by atoms with Crippen LogP contribution in [0.1, 0.15) is 28.2 Å². The van der Waals surface area contributed by atoms with Gasteiger partial charge in [0.2, 0.25) is 5.91 Å². The van der Waals surface area contributed by atoms with Crippen LogP contribution in [0.25, 0.3) is 21.6 Å². The van der Waals surface area contributed by atoms with Gasteiger partial charge in [-0.2, -0.15) is 0 Å². The van der Waals surface area contributed by atoms with E-state index in [1.54, 1.807) is 12.3 Å². The van der Waals surface area contributed by atoms with Crippen LogP contribution >= 0.6 is 11.3 Å². The van der Waals surface area contributed by atoms with Gasteiger partial charge in [0.25, 0.3) is 5.91 Å². The number of hydrogen-bond donors (Lipinski definition) is 1. The highest BCUT2D eigenvalue weighted by molar-refractivity contribution is 7.14. The second-order valence-corrected chi connectivity index (χ2v) is 9.19. The van der Waals surface area contributed by atoms with Crippen LogP contribution in [0.15, 0.2) is 54.7 Å². The van der Waals surface area contributed by atoms with E-state index < -0.39 is 0 Å². The van der Waals surface area contributed by atoms with E-state index in [4.69, 9.17) is 0 Å². The lowest BCUT2D eigenvalue weighted by atomic mass is 9.95. The summed E-state index contributed by atoms with van der Waals surface area (Å²) in [6.07, 6.45) is 2.95. The standard InChI is InChI=1S/C24H22N6O2S/c1-15-28-29-23(33-15)19-8-7-18-14-25-21(13-20(18)26-19)27-22(31)16-9-11-30(12-10-16)24(32)17-5-3-2-4-6-17/h2-8,13-14,16H,9-12H2,1H3,(H,25,27,31). The van der Waals surface area contributed by atoms with Gasteiger partial charge in [0.1, 0.15) is 16.5 Å². The van der Waals surface area contributed by atoms with Crippen molar-refractivity contribution < 1.29 is 9.59 Å². The first-order valence-corrected chi connectivity index (χ1v) is 11.6. The highest BCUT2D eigenvalue weighted by Gasteiger charge is 2.28. The lowest BCUT2D eigenvalue weighted by molar-refractivity contribution is -0.121. The Labute approximate surface area is 194 Å². The molecule has 0 aliphatic carbocycles. The number of nitrogens with one attached hydrogen (secondary N) is 1. The van der Waals surface area contributed by atoms with Crippen molar-refractivity contribution in [2.75, 3.05) is 18.4 Å². The smallest absolute Gasteiger partial charge is 0.253 e. The number of anilines is 1. The molecule has 0 unspecified atom stereocenters. The molecule has 0 spiro atoms. The minimum absolute atomic E-state index is 0.0122. The summed E-state index contributed by atoms with van der Waals surface area (Å²) in [6, 6.07) is 14.9. The number of fused-ring (bicyclic) bond motifs is 1. The SMILES string of the molecule is Cc1nnc(-c2ccc3cnc(NC(=O)C4CCN(C(=O)c5ccccc5)CC4)cc3n2)s1. The van der Waals surface area contributed by atoms with E-state index >= 15 is 0 Å². The maximum absolute atomic E-state index is 12.8. The lowest BCUT2D eigenvalue weighted by Gasteiger charge is -2.31. The van der Waals surface area contributed by atoms with Gasteiger partial charge in [0, 0.05) is 42.2 Å². The Bertz CT molecular complexity index is 1320. The molecule has 1 fully saturated rings. The van der Waals surface area contributed by atoms with Crippen LogP contribution in [0.5, 0.6) is 0 Å². The zero-order valence-corrected chi connectivity index (χ0v) is 18.9. The predicted molar refractivity (Wildman–Crippen MR) is 127 cm³/mol. The van der Waals surface area contributed by atoms with Gasteiger partial charge in [-0.1, -0.05) is 29.5 Å². The van der Waals surface area contributed by atoms with Crippen molar-refractivity contribution in [1.29, 1.82) is 0 Å². The zero-order valence-electron chi connectivity index (χ0n) is 18.1. The summed E-state index contributed by atoms with van der Waals surface area (Å²) in [5.41, 5.74) is 2.15. The summed E-state index contributed by atoms with van der Waals surface area (Å²) in [7, 11) is 0. The summed E-state index contributed by atoms with van der Waals surface area (Å²) < 4.78 is 0. The number of hydrogen-bond acceptors (Lipinski definition) is 7. The zero-order chi connectivity index (χ0) is 22.8. The molecule has 0 radical (unpaired) electrons. The van der Waals surface area contributed by atoms with Crippen LogP contribution < -0.4 is 5.32 Å². The van der Waals surface area contributed by atoms with Crippen LogP contribution in [-0.4, -0.2) is 50.0 Å².